The van der Waals surface area contributed by atoms with E-state index >= 15 is 0 Å². The summed E-state index contributed by atoms with van der Waals surface area (Å²) in [6, 6.07) is 5.75. The van der Waals surface area contributed by atoms with Crippen molar-refractivity contribution in [3.8, 4) is 0 Å². The zero-order chi connectivity index (χ0) is 23.1. The molecule has 0 aliphatic heterocycles. The van der Waals surface area contributed by atoms with E-state index in [2.05, 4.69) is 5.32 Å². The van der Waals surface area contributed by atoms with E-state index in [-0.39, 0.29) is 12.3 Å². The Balaban J connectivity index is 1.61. The van der Waals surface area contributed by atoms with Crippen LogP contribution in [0.4, 0.5) is 10.7 Å². The molecule has 10 heteroatoms. The fourth-order valence-electron chi connectivity index (χ4n) is 3.33. The number of nitrogens with one attached hydrogen (secondary N) is 1. The number of fused-ring (bicyclic) bond motifs is 1. The zero-order valence-electron chi connectivity index (χ0n) is 17.4. The Morgan fingerprint density at radius 2 is 2.00 bits per heavy atom. The van der Waals surface area contributed by atoms with Gasteiger partial charge in [-0.1, -0.05) is 12.1 Å². The first kappa shape index (κ1) is 23.1. The molecule has 0 atom stereocenters. The van der Waals surface area contributed by atoms with E-state index < -0.39 is 29.4 Å². The molecule has 3 rings (SSSR count). The highest BCUT2D eigenvalue weighted by atomic mass is 32.1. The van der Waals surface area contributed by atoms with E-state index in [0.717, 1.165) is 42.2 Å². The molecule has 9 nitrogen and oxygen atoms in total. The highest BCUT2D eigenvalue weighted by Crippen LogP contribution is 2.38. The molecule has 1 aliphatic rings. The summed E-state index contributed by atoms with van der Waals surface area (Å²) in [4.78, 5) is 48.0. The quantitative estimate of drug-likeness (QED) is 0.275. The molecule has 1 N–H and O–H groups in total. The molecule has 0 saturated carbocycles. The second-order valence-electron chi connectivity index (χ2n) is 6.98. The number of thiophene rings is 1. The number of carbonyl (C=O) groups excluding carboxylic acids is 3. The molecule has 1 heterocycles. The summed E-state index contributed by atoms with van der Waals surface area (Å²) in [7, 11) is 0. The molecule has 0 unspecified atom stereocenters. The first-order valence-electron chi connectivity index (χ1n) is 10.1. The van der Waals surface area contributed by atoms with Crippen LogP contribution in [-0.4, -0.2) is 36.0 Å². The minimum atomic E-state index is -0.775. The minimum absolute atomic E-state index is 0.101. The van der Waals surface area contributed by atoms with Crippen LogP contribution in [0.5, 0.6) is 0 Å². The Morgan fingerprint density at radius 1 is 1.22 bits per heavy atom. The topological polar surface area (TPSA) is 125 Å². The van der Waals surface area contributed by atoms with Gasteiger partial charge >= 0.3 is 11.9 Å². The number of non-ortho nitro benzene ring substituents is 1. The summed E-state index contributed by atoms with van der Waals surface area (Å²) in [6.07, 6.45) is 6.04. The van der Waals surface area contributed by atoms with Gasteiger partial charge in [-0.2, -0.15) is 0 Å². The number of benzene rings is 1. The molecular formula is C22H22N2O7S. The second kappa shape index (κ2) is 10.7. The summed E-state index contributed by atoms with van der Waals surface area (Å²) in [5.41, 5.74) is 1.66. The van der Waals surface area contributed by atoms with Crippen molar-refractivity contribution < 1.29 is 28.8 Å². The molecular weight excluding hydrogens is 436 g/mol. The maximum atomic E-state index is 12.4. The van der Waals surface area contributed by atoms with Gasteiger partial charge in [-0.3, -0.25) is 14.9 Å². The van der Waals surface area contributed by atoms with Crippen molar-refractivity contribution in [3.05, 3.63) is 62.0 Å². The predicted octanol–water partition coefficient (Wildman–Crippen LogP) is 3.91. The van der Waals surface area contributed by atoms with Crippen molar-refractivity contribution >= 4 is 45.9 Å². The molecule has 0 saturated heterocycles. The first-order valence-corrected chi connectivity index (χ1v) is 10.9. The van der Waals surface area contributed by atoms with Crippen LogP contribution in [0.2, 0.25) is 0 Å². The van der Waals surface area contributed by atoms with Gasteiger partial charge in [-0.25, -0.2) is 9.59 Å². The van der Waals surface area contributed by atoms with Crippen LogP contribution >= 0.6 is 11.3 Å². The number of hydrogen-bond acceptors (Lipinski definition) is 8. The Bertz CT molecular complexity index is 1070. The summed E-state index contributed by atoms with van der Waals surface area (Å²) in [5.74, 6) is -1.83. The monoisotopic (exact) mass is 458 g/mol. The highest BCUT2D eigenvalue weighted by Gasteiger charge is 2.27. The number of carbonyl (C=O) groups is 3. The van der Waals surface area contributed by atoms with E-state index in [0.29, 0.717) is 16.1 Å². The maximum absolute atomic E-state index is 12.4. The molecule has 1 aromatic carbocycles. The average molecular weight is 458 g/mol. The molecule has 168 valence electrons. The van der Waals surface area contributed by atoms with Crippen LogP contribution in [0.1, 0.15) is 46.1 Å². The predicted molar refractivity (Wildman–Crippen MR) is 119 cm³/mol. The fourth-order valence-corrected chi connectivity index (χ4v) is 4.62. The van der Waals surface area contributed by atoms with E-state index in [9.17, 15) is 24.5 Å². The average Bonchev–Trinajstić information content (AvgIpc) is 3.14. The summed E-state index contributed by atoms with van der Waals surface area (Å²) >= 11 is 1.35. The lowest BCUT2D eigenvalue weighted by Gasteiger charge is -2.12. The van der Waals surface area contributed by atoms with E-state index in [4.69, 9.17) is 9.47 Å². The van der Waals surface area contributed by atoms with E-state index in [1.54, 1.807) is 13.0 Å². The Kier molecular flexibility index (Phi) is 7.72. The lowest BCUT2D eigenvalue weighted by molar-refractivity contribution is -0.384. The molecule has 0 bridgehead atoms. The SMILES string of the molecule is CCOC(=O)c1c(NC(=O)COC(=O)/C=C/c2cccc([N+](=O)[O-])c2)sc2c1CCCC2. The Labute approximate surface area is 188 Å². The molecule has 2 aromatic rings. The van der Waals surface area contributed by atoms with Gasteiger partial charge in [0.15, 0.2) is 6.61 Å². The van der Waals surface area contributed by atoms with Crippen LogP contribution in [0, 0.1) is 10.1 Å². The molecule has 0 spiro atoms. The number of ether oxygens (including phenoxy) is 2. The van der Waals surface area contributed by atoms with Gasteiger partial charge in [-0.05, 0) is 49.8 Å². The van der Waals surface area contributed by atoms with Gasteiger partial charge in [0.2, 0.25) is 0 Å². The van der Waals surface area contributed by atoms with Gasteiger partial charge in [0.05, 0.1) is 17.1 Å². The Morgan fingerprint density at radius 3 is 2.75 bits per heavy atom. The maximum Gasteiger partial charge on any atom is 0.341 e. The third-order valence-electron chi connectivity index (χ3n) is 4.74. The van der Waals surface area contributed by atoms with Crippen molar-refractivity contribution in [2.45, 2.75) is 32.6 Å². The molecule has 1 aliphatic carbocycles. The van der Waals surface area contributed by atoms with Crippen LogP contribution in [-0.2, 0) is 31.9 Å². The third kappa shape index (κ3) is 5.79. The molecule has 1 amide bonds. The smallest absolute Gasteiger partial charge is 0.341 e. The molecule has 32 heavy (non-hydrogen) atoms. The summed E-state index contributed by atoms with van der Waals surface area (Å²) in [6.45, 7) is 1.41. The van der Waals surface area contributed by atoms with Gasteiger partial charge in [0.1, 0.15) is 5.00 Å². The first-order chi connectivity index (χ1) is 15.4. The van der Waals surface area contributed by atoms with Gasteiger partial charge in [0, 0.05) is 23.1 Å². The normalized spacial score (nSPS) is 12.8. The summed E-state index contributed by atoms with van der Waals surface area (Å²) < 4.78 is 10.1. The van der Waals surface area contributed by atoms with E-state index in [1.807, 2.05) is 0 Å². The summed E-state index contributed by atoms with van der Waals surface area (Å²) in [5, 5.41) is 13.9. The minimum Gasteiger partial charge on any atom is -0.462 e. The second-order valence-corrected chi connectivity index (χ2v) is 8.08. The third-order valence-corrected chi connectivity index (χ3v) is 5.95. The van der Waals surface area contributed by atoms with Crippen molar-refractivity contribution in [2.75, 3.05) is 18.5 Å². The molecule has 0 fully saturated rings. The fraction of sp³-hybridized carbons (Fsp3) is 0.318. The van der Waals surface area contributed by atoms with Crippen LogP contribution in [0.3, 0.4) is 0 Å². The molecule has 1 aromatic heterocycles. The van der Waals surface area contributed by atoms with E-state index in [1.165, 1.54) is 35.6 Å². The number of nitro groups is 1. The van der Waals surface area contributed by atoms with Crippen molar-refractivity contribution in [1.29, 1.82) is 0 Å². The van der Waals surface area contributed by atoms with Crippen LogP contribution in [0.15, 0.2) is 30.3 Å². The van der Waals surface area contributed by atoms with Gasteiger partial charge in [-0.15, -0.1) is 11.3 Å². The number of hydrogen-bond donors (Lipinski definition) is 1. The number of nitrogens with zero attached hydrogens (tertiary/aromatic N) is 1. The molecule has 0 radical (unpaired) electrons. The number of nitro benzene ring substituents is 1. The number of aryl methyl sites for hydroxylation is 1. The number of amides is 1. The lowest BCUT2D eigenvalue weighted by Crippen LogP contribution is -2.21. The standard InChI is InChI=1S/C22H22N2O7S/c1-2-30-22(27)20-16-8-3-4-9-17(16)32-21(20)23-18(25)13-31-19(26)11-10-14-6-5-7-15(12-14)24(28)29/h5-7,10-12H,2-4,8-9,13H2,1H3,(H,23,25)/b11-10+. The van der Waals surface area contributed by atoms with Crippen molar-refractivity contribution in [1.82, 2.24) is 0 Å². The van der Waals surface area contributed by atoms with Crippen LogP contribution < -0.4 is 5.32 Å². The van der Waals surface area contributed by atoms with Crippen molar-refractivity contribution in [3.63, 3.8) is 0 Å². The number of esters is 2. The number of anilines is 1. The van der Waals surface area contributed by atoms with Crippen LogP contribution in [0.25, 0.3) is 6.08 Å². The number of rotatable bonds is 8. The lowest BCUT2D eigenvalue weighted by atomic mass is 9.95. The highest BCUT2D eigenvalue weighted by molar-refractivity contribution is 7.17. The van der Waals surface area contributed by atoms with Gasteiger partial charge < -0.3 is 14.8 Å². The largest absolute Gasteiger partial charge is 0.462 e. The van der Waals surface area contributed by atoms with Gasteiger partial charge in [0.25, 0.3) is 11.6 Å². The van der Waals surface area contributed by atoms with Crippen molar-refractivity contribution in [2.24, 2.45) is 0 Å². The zero-order valence-corrected chi connectivity index (χ0v) is 18.2. The Hall–Kier alpha value is -3.53.